The van der Waals surface area contributed by atoms with E-state index in [9.17, 15) is 9.18 Å². The van der Waals surface area contributed by atoms with Crippen molar-refractivity contribution in [2.75, 3.05) is 6.61 Å². The fourth-order valence-corrected chi connectivity index (χ4v) is 1.00. The van der Waals surface area contributed by atoms with Crippen molar-refractivity contribution in [3.05, 3.63) is 29.6 Å². The van der Waals surface area contributed by atoms with Gasteiger partial charge in [0.05, 0.1) is 11.6 Å². The topological polar surface area (TPSA) is 50.1 Å². The van der Waals surface area contributed by atoms with Crippen LogP contribution in [-0.4, -0.2) is 12.4 Å². The van der Waals surface area contributed by atoms with E-state index in [4.69, 9.17) is 10.00 Å². The molecular formula is C12H12FNO2. The molecule has 1 aromatic rings. The molecule has 3 nitrogen and oxygen atoms in total. The van der Waals surface area contributed by atoms with Gasteiger partial charge in [-0.3, -0.25) is 4.79 Å². The van der Waals surface area contributed by atoms with Gasteiger partial charge in [-0.15, -0.1) is 0 Å². The molecule has 0 aromatic heterocycles. The van der Waals surface area contributed by atoms with E-state index < -0.39 is 5.82 Å². The molecule has 0 aliphatic rings. The van der Waals surface area contributed by atoms with Gasteiger partial charge < -0.3 is 4.74 Å². The lowest BCUT2D eigenvalue weighted by Gasteiger charge is -2.08. The molecule has 0 bridgehead atoms. The van der Waals surface area contributed by atoms with Crippen LogP contribution in [-0.2, 0) is 4.79 Å². The normalized spacial score (nSPS) is 9.94. The van der Waals surface area contributed by atoms with Gasteiger partial charge in [-0.25, -0.2) is 4.39 Å². The zero-order chi connectivity index (χ0) is 12.1. The molecule has 0 radical (unpaired) electrons. The number of nitrogens with zero attached hydrogens (tertiary/aromatic N) is 1. The van der Waals surface area contributed by atoms with E-state index in [1.807, 2.05) is 6.07 Å². The van der Waals surface area contributed by atoms with Crippen molar-refractivity contribution < 1.29 is 13.9 Å². The van der Waals surface area contributed by atoms with Gasteiger partial charge in [-0.2, -0.15) is 5.26 Å². The number of benzene rings is 1. The molecule has 84 valence electrons. The molecule has 4 heteroatoms. The summed E-state index contributed by atoms with van der Waals surface area (Å²) in [6, 6.07) is 5.69. The Labute approximate surface area is 93.5 Å². The number of carbonyl (C=O) groups excluding carboxylic acids is 1. The number of hydrogen-bond donors (Lipinski definition) is 0. The molecule has 0 fully saturated rings. The van der Waals surface area contributed by atoms with Gasteiger partial charge in [0.2, 0.25) is 0 Å². The quantitative estimate of drug-likeness (QED) is 0.783. The highest BCUT2D eigenvalue weighted by Crippen LogP contribution is 2.18. The maximum atomic E-state index is 13.3. The maximum absolute atomic E-state index is 13.3. The standard InChI is InChI=1S/C12H12FNO2/c1-8(2)11(15)7-16-12-4-3-9(6-14)5-10(12)13/h3-5,8H,7H2,1-2H3. The van der Waals surface area contributed by atoms with Crippen LogP contribution in [0, 0.1) is 23.1 Å². The van der Waals surface area contributed by atoms with Crippen LogP contribution in [0.3, 0.4) is 0 Å². The summed E-state index contributed by atoms with van der Waals surface area (Å²) in [6.07, 6.45) is 0. The second-order valence-electron chi connectivity index (χ2n) is 3.67. The summed E-state index contributed by atoms with van der Waals surface area (Å²) in [5, 5.41) is 8.53. The van der Waals surface area contributed by atoms with Crippen molar-refractivity contribution in [3.63, 3.8) is 0 Å². The van der Waals surface area contributed by atoms with Crippen molar-refractivity contribution in [2.24, 2.45) is 5.92 Å². The highest BCUT2D eigenvalue weighted by molar-refractivity contribution is 5.81. The Morgan fingerprint density at radius 2 is 2.25 bits per heavy atom. The maximum Gasteiger partial charge on any atom is 0.172 e. The molecule has 0 aliphatic carbocycles. The van der Waals surface area contributed by atoms with E-state index in [0.717, 1.165) is 6.07 Å². The van der Waals surface area contributed by atoms with Crippen LogP contribution in [0.2, 0.25) is 0 Å². The van der Waals surface area contributed by atoms with E-state index in [-0.39, 0.29) is 29.6 Å². The smallest absolute Gasteiger partial charge is 0.172 e. The predicted octanol–water partition coefficient (Wildman–Crippen LogP) is 2.30. The van der Waals surface area contributed by atoms with Crippen LogP contribution in [0.5, 0.6) is 5.75 Å². The van der Waals surface area contributed by atoms with Crippen LogP contribution < -0.4 is 4.74 Å². The number of Topliss-reactive ketones (excluding diaryl/α,β-unsaturated/α-hetero) is 1. The van der Waals surface area contributed by atoms with Crippen molar-refractivity contribution >= 4 is 5.78 Å². The molecule has 16 heavy (non-hydrogen) atoms. The van der Waals surface area contributed by atoms with Crippen LogP contribution >= 0.6 is 0 Å². The second kappa shape index (κ2) is 5.26. The van der Waals surface area contributed by atoms with Gasteiger partial charge in [0.25, 0.3) is 0 Å². The number of nitriles is 1. The summed E-state index contributed by atoms with van der Waals surface area (Å²) in [7, 11) is 0. The SMILES string of the molecule is CC(C)C(=O)COc1ccc(C#N)cc1F. The Kier molecular flexibility index (Phi) is 4.01. The summed E-state index contributed by atoms with van der Waals surface area (Å²) < 4.78 is 18.3. The second-order valence-corrected chi connectivity index (χ2v) is 3.67. The Bertz CT molecular complexity index is 435. The number of hydrogen-bond acceptors (Lipinski definition) is 3. The zero-order valence-electron chi connectivity index (χ0n) is 9.16. The Morgan fingerprint density at radius 1 is 1.56 bits per heavy atom. The summed E-state index contributed by atoms with van der Waals surface area (Å²) in [5.74, 6) is -0.867. The van der Waals surface area contributed by atoms with E-state index in [0.29, 0.717) is 0 Å². The number of rotatable bonds is 4. The number of halogens is 1. The van der Waals surface area contributed by atoms with Gasteiger partial charge >= 0.3 is 0 Å². The first-order chi connectivity index (χ1) is 7.54. The van der Waals surface area contributed by atoms with Crippen LogP contribution in [0.1, 0.15) is 19.4 Å². The molecule has 1 aromatic carbocycles. The third-order valence-electron chi connectivity index (χ3n) is 2.07. The van der Waals surface area contributed by atoms with Crippen molar-refractivity contribution in [2.45, 2.75) is 13.8 Å². The van der Waals surface area contributed by atoms with Crippen LogP contribution in [0.15, 0.2) is 18.2 Å². The first-order valence-corrected chi connectivity index (χ1v) is 4.89. The first kappa shape index (κ1) is 12.2. The molecule has 0 aliphatic heterocycles. The molecule has 0 saturated heterocycles. The third kappa shape index (κ3) is 3.06. The zero-order valence-corrected chi connectivity index (χ0v) is 9.16. The number of carbonyl (C=O) groups is 1. The average molecular weight is 221 g/mol. The van der Waals surface area contributed by atoms with E-state index in [1.165, 1.54) is 12.1 Å². The molecule has 0 heterocycles. The van der Waals surface area contributed by atoms with E-state index in [1.54, 1.807) is 13.8 Å². The average Bonchev–Trinajstić information content (AvgIpc) is 2.26. The summed E-state index contributed by atoms with van der Waals surface area (Å²) in [4.78, 5) is 11.3. The Balaban J connectivity index is 2.69. The molecule has 1 rings (SSSR count). The minimum atomic E-state index is -0.629. The predicted molar refractivity (Wildman–Crippen MR) is 56.5 cm³/mol. The molecule has 0 N–H and O–H groups in total. The van der Waals surface area contributed by atoms with Gasteiger partial charge in [0, 0.05) is 5.92 Å². The minimum absolute atomic E-state index is 0.00648. The summed E-state index contributed by atoms with van der Waals surface area (Å²) >= 11 is 0. The van der Waals surface area contributed by atoms with Crippen molar-refractivity contribution in [1.29, 1.82) is 5.26 Å². The third-order valence-corrected chi connectivity index (χ3v) is 2.07. The Hall–Kier alpha value is -1.89. The van der Waals surface area contributed by atoms with Gasteiger partial charge in [-0.1, -0.05) is 13.8 Å². The summed E-state index contributed by atoms with van der Waals surface area (Å²) in [6.45, 7) is 3.35. The van der Waals surface area contributed by atoms with Gasteiger partial charge in [0.15, 0.2) is 17.3 Å². The Morgan fingerprint density at radius 3 is 2.75 bits per heavy atom. The fraction of sp³-hybridized carbons (Fsp3) is 0.333. The summed E-state index contributed by atoms with van der Waals surface area (Å²) in [5.41, 5.74) is 0.222. The molecule has 0 saturated carbocycles. The highest BCUT2D eigenvalue weighted by Gasteiger charge is 2.10. The van der Waals surface area contributed by atoms with Crippen molar-refractivity contribution in [3.8, 4) is 11.8 Å². The molecule has 0 spiro atoms. The van der Waals surface area contributed by atoms with Gasteiger partial charge in [-0.05, 0) is 18.2 Å². The molecule has 0 unspecified atom stereocenters. The van der Waals surface area contributed by atoms with E-state index in [2.05, 4.69) is 0 Å². The first-order valence-electron chi connectivity index (χ1n) is 4.89. The molecule has 0 amide bonds. The lowest BCUT2D eigenvalue weighted by molar-refractivity contribution is -0.123. The monoisotopic (exact) mass is 221 g/mol. The highest BCUT2D eigenvalue weighted by atomic mass is 19.1. The fourth-order valence-electron chi connectivity index (χ4n) is 1.00. The lowest BCUT2D eigenvalue weighted by atomic mass is 10.1. The molecular weight excluding hydrogens is 209 g/mol. The van der Waals surface area contributed by atoms with Crippen LogP contribution in [0.25, 0.3) is 0 Å². The van der Waals surface area contributed by atoms with Gasteiger partial charge in [0.1, 0.15) is 6.61 Å². The number of ketones is 1. The van der Waals surface area contributed by atoms with E-state index >= 15 is 0 Å². The van der Waals surface area contributed by atoms with Crippen LogP contribution in [0.4, 0.5) is 4.39 Å². The number of ether oxygens (including phenoxy) is 1. The lowest BCUT2D eigenvalue weighted by Crippen LogP contribution is -2.17. The van der Waals surface area contributed by atoms with Crippen molar-refractivity contribution in [1.82, 2.24) is 0 Å². The molecule has 0 atom stereocenters. The minimum Gasteiger partial charge on any atom is -0.483 e. The largest absolute Gasteiger partial charge is 0.483 e.